The molecular weight excluding hydrogens is 354 g/mol. The first-order valence-electron chi connectivity index (χ1n) is 7.61. The van der Waals surface area contributed by atoms with Gasteiger partial charge in [0.25, 0.3) is 0 Å². The van der Waals surface area contributed by atoms with Crippen LogP contribution in [0.15, 0.2) is 24.3 Å². The Bertz CT molecular complexity index is 596. The molecule has 138 valence electrons. The van der Waals surface area contributed by atoms with Crippen LogP contribution in [0, 0.1) is 0 Å². The summed E-state index contributed by atoms with van der Waals surface area (Å²) in [6.45, 7) is 5.65. The van der Waals surface area contributed by atoms with E-state index in [1.54, 1.807) is 13.0 Å². The van der Waals surface area contributed by atoms with Crippen LogP contribution < -0.4 is 15.4 Å². The molecule has 0 atom stereocenters. The van der Waals surface area contributed by atoms with Gasteiger partial charge < -0.3 is 15.4 Å². The van der Waals surface area contributed by atoms with Gasteiger partial charge in [0.1, 0.15) is 0 Å². The molecular formula is C15H26ClN3O4S. The Balaban J connectivity index is 0.00000529. The van der Waals surface area contributed by atoms with Crippen molar-refractivity contribution in [3.63, 3.8) is 0 Å². The Morgan fingerprint density at radius 2 is 2.00 bits per heavy atom. The first-order chi connectivity index (χ1) is 11.0. The van der Waals surface area contributed by atoms with Gasteiger partial charge in [-0.3, -0.25) is 4.79 Å². The molecule has 1 aromatic rings. The summed E-state index contributed by atoms with van der Waals surface area (Å²) in [4.78, 5) is 11.8. The van der Waals surface area contributed by atoms with E-state index < -0.39 is 15.9 Å². The van der Waals surface area contributed by atoms with E-state index in [0.717, 1.165) is 12.1 Å². The molecule has 0 spiro atoms. The van der Waals surface area contributed by atoms with E-state index >= 15 is 0 Å². The molecule has 1 aromatic carbocycles. The fraction of sp³-hybridized carbons (Fsp3) is 0.533. The Kier molecular flexibility index (Phi) is 11.6. The number of anilines is 1. The van der Waals surface area contributed by atoms with Crippen LogP contribution in [0.4, 0.5) is 5.69 Å². The van der Waals surface area contributed by atoms with Gasteiger partial charge in [-0.1, -0.05) is 19.1 Å². The van der Waals surface area contributed by atoms with Crippen LogP contribution in [0.1, 0.15) is 19.4 Å². The number of benzene rings is 1. The van der Waals surface area contributed by atoms with E-state index in [0.29, 0.717) is 18.8 Å². The molecule has 0 fully saturated rings. The molecule has 3 N–H and O–H groups in total. The lowest BCUT2D eigenvalue weighted by molar-refractivity contribution is -0.115. The van der Waals surface area contributed by atoms with Gasteiger partial charge in [-0.05, 0) is 31.2 Å². The average molecular weight is 380 g/mol. The Morgan fingerprint density at radius 3 is 2.67 bits per heavy atom. The molecule has 0 unspecified atom stereocenters. The molecule has 0 aromatic heterocycles. The van der Waals surface area contributed by atoms with Crippen LogP contribution in [0.3, 0.4) is 0 Å². The van der Waals surface area contributed by atoms with Crippen molar-refractivity contribution in [1.29, 1.82) is 0 Å². The lowest BCUT2D eigenvalue weighted by Crippen LogP contribution is -2.35. The SMILES string of the molecule is CCNCc1cccc(NC(=O)CNS(=O)(=O)CCOCC)c1.Cl. The standard InChI is InChI=1S/C15H25N3O4S.ClH/c1-3-16-11-13-6-5-7-14(10-13)18-15(19)12-17-23(20,21)9-8-22-4-2;/h5-7,10,16-17H,3-4,8-9,11-12H2,1-2H3,(H,18,19);1H. The van der Waals surface area contributed by atoms with Crippen molar-refractivity contribution >= 4 is 34.0 Å². The second-order valence-corrected chi connectivity index (χ2v) is 6.79. The maximum atomic E-state index is 11.8. The third kappa shape index (κ3) is 9.84. The smallest absolute Gasteiger partial charge is 0.239 e. The van der Waals surface area contributed by atoms with Crippen molar-refractivity contribution in [3.05, 3.63) is 29.8 Å². The molecule has 1 amide bonds. The van der Waals surface area contributed by atoms with E-state index in [1.807, 2.05) is 25.1 Å². The number of carbonyl (C=O) groups is 1. The summed E-state index contributed by atoms with van der Waals surface area (Å²) < 4.78 is 30.6. The molecule has 9 heteroatoms. The Labute approximate surface area is 150 Å². The Hall–Kier alpha value is -1.19. The molecule has 7 nitrogen and oxygen atoms in total. The fourth-order valence-electron chi connectivity index (χ4n) is 1.79. The predicted molar refractivity (Wildman–Crippen MR) is 98.0 cm³/mol. The average Bonchev–Trinajstić information content (AvgIpc) is 2.52. The van der Waals surface area contributed by atoms with Crippen molar-refractivity contribution in [3.8, 4) is 0 Å². The van der Waals surface area contributed by atoms with E-state index in [2.05, 4.69) is 15.4 Å². The Morgan fingerprint density at radius 1 is 1.25 bits per heavy atom. The van der Waals surface area contributed by atoms with Crippen molar-refractivity contribution in [1.82, 2.24) is 10.0 Å². The van der Waals surface area contributed by atoms with Gasteiger partial charge in [0.05, 0.1) is 18.9 Å². The molecule has 0 radical (unpaired) electrons. The number of hydrogen-bond acceptors (Lipinski definition) is 5. The number of nitrogens with one attached hydrogen (secondary N) is 3. The highest BCUT2D eigenvalue weighted by atomic mass is 35.5. The van der Waals surface area contributed by atoms with Gasteiger partial charge in [-0.2, -0.15) is 0 Å². The lowest BCUT2D eigenvalue weighted by atomic mass is 10.2. The third-order valence-electron chi connectivity index (χ3n) is 2.94. The van der Waals surface area contributed by atoms with E-state index in [9.17, 15) is 13.2 Å². The first-order valence-corrected chi connectivity index (χ1v) is 9.26. The van der Waals surface area contributed by atoms with Gasteiger partial charge in [-0.25, -0.2) is 13.1 Å². The summed E-state index contributed by atoms with van der Waals surface area (Å²) in [6, 6.07) is 7.41. The second kappa shape index (κ2) is 12.2. The monoisotopic (exact) mass is 379 g/mol. The summed E-state index contributed by atoms with van der Waals surface area (Å²) >= 11 is 0. The molecule has 0 heterocycles. The second-order valence-electron chi connectivity index (χ2n) is 4.87. The molecule has 24 heavy (non-hydrogen) atoms. The minimum Gasteiger partial charge on any atom is -0.381 e. The molecule has 0 aliphatic rings. The van der Waals surface area contributed by atoms with E-state index in [4.69, 9.17) is 4.74 Å². The number of ether oxygens (including phenoxy) is 1. The van der Waals surface area contributed by atoms with Gasteiger partial charge in [-0.15, -0.1) is 12.4 Å². The molecule has 0 saturated heterocycles. The van der Waals surface area contributed by atoms with Crippen LogP contribution in [0.25, 0.3) is 0 Å². The van der Waals surface area contributed by atoms with Crippen molar-refractivity contribution in [2.45, 2.75) is 20.4 Å². The zero-order valence-electron chi connectivity index (χ0n) is 14.0. The largest absolute Gasteiger partial charge is 0.381 e. The summed E-state index contributed by atoms with van der Waals surface area (Å²) in [6.07, 6.45) is 0. The van der Waals surface area contributed by atoms with Gasteiger partial charge >= 0.3 is 0 Å². The molecule has 0 saturated carbocycles. The number of amides is 1. The maximum Gasteiger partial charge on any atom is 0.239 e. The van der Waals surface area contributed by atoms with Gasteiger partial charge in [0.15, 0.2) is 0 Å². The summed E-state index contributed by atoms with van der Waals surface area (Å²) in [7, 11) is -3.51. The van der Waals surface area contributed by atoms with E-state index in [1.165, 1.54) is 0 Å². The minimum atomic E-state index is -3.51. The van der Waals surface area contributed by atoms with E-state index in [-0.39, 0.29) is 31.3 Å². The highest BCUT2D eigenvalue weighted by Crippen LogP contribution is 2.10. The quantitative estimate of drug-likeness (QED) is 0.500. The fourth-order valence-corrected chi connectivity index (χ4v) is 2.63. The van der Waals surface area contributed by atoms with Crippen LogP contribution in [-0.2, 0) is 26.1 Å². The predicted octanol–water partition coefficient (Wildman–Crippen LogP) is 1.11. The van der Waals surface area contributed by atoms with Crippen LogP contribution in [-0.4, -0.2) is 46.4 Å². The van der Waals surface area contributed by atoms with Gasteiger partial charge in [0.2, 0.25) is 15.9 Å². The number of rotatable bonds is 11. The number of carbonyl (C=O) groups excluding carboxylic acids is 1. The maximum absolute atomic E-state index is 11.8. The number of halogens is 1. The van der Waals surface area contributed by atoms with Crippen LogP contribution >= 0.6 is 12.4 Å². The lowest BCUT2D eigenvalue weighted by Gasteiger charge is -2.09. The van der Waals surface area contributed by atoms with Crippen LogP contribution in [0.5, 0.6) is 0 Å². The summed E-state index contributed by atoms with van der Waals surface area (Å²) in [5, 5.41) is 5.87. The zero-order chi connectivity index (χ0) is 17.1. The zero-order valence-corrected chi connectivity index (χ0v) is 15.6. The van der Waals surface area contributed by atoms with Crippen molar-refractivity contribution in [2.24, 2.45) is 0 Å². The topological polar surface area (TPSA) is 96.5 Å². The molecule has 0 aliphatic heterocycles. The summed E-state index contributed by atoms with van der Waals surface area (Å²) in [5.41, 5.74) is 1.68. The minimum absolute atomic E-state index is 0. The highest BCUT2D eigenvalue weighted by Gasteiger charge is 2.12. The number of sulfonamides is 1. The third-order valence-corrected chi connectivity index (χ3v) is 4.23. The van der Waals surface area contributed by atoms with Gasteiger partial charge in [0, 0.05) is 18.8 Å². The first kappa shape index (κ1) is 22.8. The normalized spacial score (nSPS) is 10.9. The number of hydrogen-bond donors (Lipinski definition) is 3. The molecule has 0 aliphatic carbocycles. The highest BCUT2D eigenvalue weighted by molar-refractivity contribution is 7.89. The van der Waals surface area contributed by atoms with Crippen LogP contribution in [0.2, 0.25) is 0 Å². The van der Waals surface area contributed by atoms with Crippen molar-refractivity contribution in [2.75, 3.05) is 37.4 Å². The van der Waals surface area contributed by atoms with Crippen molar-refractivity contribution < 1.29 is 17.9 Å². The summed E-state index contributed by atoms with van der Waals surface area (Å²) in [5.74, 6) is -0.572. The molecule has 0 bridgehead atoms. The molecule has 1 rings (SSSR count).